The minimum Gasteiger partial charge on any atom is -0.313 e. The standard InChI is InChI=1S/C15H14BrCl2N/c1-19-15(12-4-2-3-5-13(12)16)8-10-6-7-11(17)9-14(10)18/h2-7,9,15,19H,8H2,1H3. The van der Waals surface area contributed by atoms with Gasteiger partial charge < -0.3 is 5.32 Å². The van der Waals surface area contributed by atoms with Crippen LogP contribution in [-0.4, -0.2) is 7.05 Å². The number of nitrogens with one attached hydrogen (secondary N) is 1. The van der Waals surface area contributed by atoms with Crippen LogP contribution in [0.3, 0.4) is 0 Å². The summed E-state index contributed by atoms with van der Waals surface area (Å²) in [5.41, 5.74) is 2.30. The van der Waals surface area contributed by atoms with Crippen LogP contribution >= 0.6 is 39.1 Å². The van der Waals surface area contributed by atoms with E-state index in [0.717, 1.165) is 16.5 Å². The molecule has 0 fully saturated rings. The molecule has 2 rings (SSSR count). The van der Waals surface area contributed by atoms with Gasteiger partial charge in [0, 0.05) is 20.6 Å². The van der Waals surface area contributed by atoms with Gasteiger partial charge in [-0.15, -0.1) is 0 Å². The van der Waals surface area contributed by atoms with Crippen molar-refractivity contribution in [2.75, 3.05) is 7.05 Å². The van der Waals surface area contributed by atoms with Crippen LogP contribution in [-0.2, 0) is 6.42 Å². The molecule has 19 heavy (non-hydrogen) atoms. The van der Waals surface area contributed by atoms with Crippen molar-refractivity contribution in [3.63, 3.8) is 0 Å². The molecule has 0 saturated carbocycles. The number of benzene rings is 2. The Morgan fingerprint density at radius 2 is 1.89 bits per heavy atom. The van der Waals surface area contributed by atoms with Gasteiger partial charge in [-0.25, -0.2) is 0 Å². The number of hydrogen-bond acceptors (Lipinski definition) is 1. The van der Waals surface area contributed by atoms with Crippen LogP contribution < -0.4 is 5.32 Å². The van der Waals surface area contributed by atoms with Crippen molar-refractivity contribution < 1.29 is 0 Å². The summed E-state index contributed by atoms with van der Waals surface area (Å²) in [5, 5.41) is 4.70. The quantitative estimate of drug-likeness (QED) is 0.786. The third-order valence-corrected chi connectivity index (χ3v) is 4.38. The van der Waals surface area contributed by atoms with E-state index in [0.29, 0.717) is 10.0 Å². The van der Waals surface area contributed by atoms with Crippen molar-refractivity contribution in [2.24, 2.45) is 0 Å². The summed E-state index contributed by atoms with van der Waals surface area (Å²) in [6, 6.07) is 14.0. The lowest BCUT2D eigenvalue weighted by Gasteiger charge is -2.19. The van der Waals surface area contributed by atoms with Crippen molar-refractivity contribution >= 4 is 39.1 Å². The first-order chi connectivity index (χ1) is 9.11. The summed E-state index contributed by atoms with van der Waals surface area (Å²) < 4.78 is 1.10. The third kappa shape index (κ3) is 3.73. The molecule has 0 radical (unpaired) electrons. The maximum Gasteiger partial charge on any atom is 0.0453 e. The van der Waals surface area contributed by atoms with E-state index in [2.05, 4.69) is 27.3 Å². The molecule has 0 heterocycles. The molecule has 2 aromatic rings. The van der Waals surface area contributed by atoms with Crippen LogP contribution in [0.1, 0.15) is 17.2 Å². The predicted octanol–water partition coefficient (Wildman–Crippen LogP) is 5.26. The first-order valence-electron chi connectivity index (χ1n) is 5.97. The average molecular weight is 359 g/mol. The molecule has 0 aliphatic heterocycles. The number of likely N-dealkylation sites (N-methyl/N-ethyl adjacent to an activating group) is 1. The largest absolute Gasteiger partial charge is 0.313 e. The average Bonchev–Trinajstić information content (AvgIpc) is 2.39. The van der Waals surface area contributed by atoms with Gasteiger partial charge in [0.1, 0.15) is 0 Å². The number of rotatable bonds is 4. The zero-order valence-corrected chi connectivity index (χ0v) is 13.6. The number of halogens is 3. The Labute approximate surface area is 132 Å². The van der Waals surface area contributed by atoms with Crippen molar-refractivity contribution in [1.82, 2.24) is 5.32 Å². The molecule has 0 aliphatic carbocycles. The lowest BCUT2D eigenvalue weighted by Crippen LogP contribution is -2.19. The fraction of sp³-hybridized carbons (Fsp3) is 0.200. The van der Waals surface area contributed by atoms with Crippen molar-refractivity contribution in [1.29, 1.82) is 0 Å². The summed E-state index contributed by atoms with van der Waals surface area (Å²) in [4.78, 5) is 0. The van der Waals surface area contributed by atoms with Crippen LogP contribution in [0.4, 0.5) is 0 Å². The molecule has 1 unspecified atom stereocenters. The molecule has 4 heteroatoms. The van der Waals surface area contributed by atoms with Gasteiger partial charge in [-0.3, -0.25) is 0 Å². The molecule has 0 aromatic heterocycles. The summed E-state index contributed by atoms with van der Waals surface area (Å²) in [6.07, 6.45) is 0.815. The Morgan fingerprint density at radius 1 is 1.16 bits per heavy atom. The molecule has 2 aromatic carbocycles. The highest BCUT2D eigenvalue weighted by atomic mass is 79.9. The molecular weight excluding hydrogens is 345 g/mol. The lowest BCUT2D eigenvalue weighted by atomic mass is 9.99. The second-order valence-corrected chi connectivity index (χ2v) is 6.00. The minimum absolute atomic E-state index is 0.203. The monoisotopic (exact) mass is 357 g/mol. The summed E-state index contributed by atoms with van der Waals surface area (Å²) in [5.74, 6) is 0. The van der Waals surface area contributed by atoms with Crippen LogP contribution in [0, 0.1) is 0 Å². The summed E-state index contributed by atoms with van der Waals surface area (Å²) in [6.45, 7) is 0. The second kappa shape index (κ2) is 6.76. The third-order valence-electron chi connectivity index (χ3n) is 3.07. The van der Waals surface area contributed by atoms with E-state index in [1.165, 1.54) is 5.56 Å². The smallest absolute Gasteiger partial charge is 0.0453 e. The SMILES string of the molecule is CNC(Cc1ccc(Cl)cc1Cl)c1ccccc1Br. The van der Waals surface area contributed by atoms with Crippen molar-refractivity contribution in [3.8, 4) is 0 Å². The van der Waals surface area contributed by atoms with Crippen LogP contribution in [0.15, 0.2) is 46.9 Å². The molecule has 1 atom stereocenters. The van der Waals surface area contributed by atoms with E-state index >= 15 is 0 Å². The molecule has 0 spiro atoms. The Morgan fingerprint density at radius 3 is 2.53 bits per heavy atom. The maximum atomic E-state index is 6.23. The van der Waals surface area contributed by atoms with E-state index in [1.54, 1.807) is 6.07 Å². The second-order valence-electron chi connectivity index (χ2n) is 4.30. The first-order valence-corrected chi connectivity index (χ1v) is 7.52. The molecule has 1 N–H and O–H groups in total. The van der Waals surface area contributed by atoms with Gasteiger partial charge >= 0.3 is 0 Å². The highest BCUT2D eigenvalue weighted by Gasteiger charge is 2.14. The summed E-state index contributed by atoms with van der Waals surface area (Å²) >= 11 is 15.7. The Hall–Kier alpha value is -0.540. The Balaban J connectivity index is 2.27. The zero-order valence-electron chi connectivity index (χ0n) is 10.5. The van der Waals surface area contributed by atoms with E-state index < -0.39 is 0 Å². The molecule has 100 valence electrons. The molecular formula is C15H14BrCl2N. The van der Waals surface area contributed by atoms with Gasteiger partial charge in [0.15, 0.2) is 0 Å². The van der Waals surface area contributed by atoms with Crippen molar-refractivity contribution in [3.05, 3.63) is 68.1 Å². The van der Waals surface area contributed by atoms with Gasteiger partial charge in [-0.2, -0.15) is 0 Å². The van der Waals surface area contributed by atoms with Gasteiger partial charge in [-0.1, -0.05) is 63.4 Å². The first kappa shape index (κ1) is 14.9. The Kier molecular flexibility index (Phi) is 5.28. The van der Waals surface area contributed by atoms with Gasteiger partial charge in [0.25, 0.3) is 0 Å². The molecule has 1 nitrogen and oxygen atoms in total. The minimum atomic E-state index is 0.203. The lowest BCUT2D eigenvalue weighted by molar-refractivity contribution is 0.590. The maximum absolute atomic E-state index is 6.23. The molecule has 0 bridgehead atoms. The fourth-order valence-electron chi connectivity index (χ4n) is 2.03. The van der Waals surface area contributed by atoms with Crippen LogP contribution in [0.5, 0.6) is 0 Å². The van der Waals surface area contributed by atoms with E-state index in [9.17, 15) is 0 Å². The van der Waals surface area contributed by atoms with E-state index in [1.807, 2.05) is 37.4 Å². The normalized spacial score (nSPS) is 12.4. The van der Waals surface area contributed by atoms with Gasteiger partial charge in [-0.05, 0) is 42.8 Å². The molecule has 0 amide bonds. The zero-order chi connectivity index (χ0) is 13.8. The highest BCUT2D eigenvalue weighted by molar-refractivity contribution is 9.10. The highest BCUT2D eigenvalue weighted by Crippen LogP contribution is 2.29. The summed E-state index contributed by atoms with van der Waals surface area (Å²) in [7, 11) is 1.95. The molecule has 0 aliphatic rings. The van der Waals surface area contributed by atoms with Gasteiger partial charge in [0.2, 0.25) is 0 Å². The van der Waals surface area contributed by atoms with Crippen LogP contribution in [0.25, 0.3) is 0 Å². The predicted molar refractivity (Wildman–Crippen MR) is 86.1 cm³/mol. The Bertz CT molecular complexity index is 572. The number of hydrogen-bond donors (Lipinski definition) is 1. The van der Waals surface area contributed by atoms with Crippen molar-refractivity contribution in [2.45, 2.75) is 12.5 Å². The molecule has 0 saturated heterocycles. The van der Waals surface area contributed by atoms with Gasteiger partial charge in [0.05, 0.1) is 0 Å². The van der Waals surface area contributed by atoms with E-state index in [4.69, 9.17) is 23.2 Å². The topological polar surface area (TPSA) is 12.0 Å². The fourth-order valence-corrected chi connectivity index (χ4v) is 3.08. The van der Waals surface area contributed by atoms with E-state index in [-0.39, 0.29) is 6.04 Å². The van der Waals surface area contributed by atoms with Crippen LogP contribution in [0.2, 0.25) is 10.0 Å².